The lowest BCUT2D eigenvalue weighted by atomic mass is 10.2. The zero-order valence-electron chi connectivity index (χ0n) is 8.46. The first kappa shape index (κ1) is 11.4. The van der Waals surface area contributed by atoms with Crippen LogP contribution < -0.4 is 5.32 Å². The molecule has 0 atom stereocenters. The van der Waals surface area contributed by atoms with Crippen LogP contribution in [0.1, 0.15) is 23.2 Å². The molecule has 1 saturated carbocycles. The largest absolute Gasteiger partial charge is 0.394 e. The number of nitrogens with one attached hydrogen (secondary N) is 1. The number of halogens is 2. The minimum absolute atomic E-state index is 0.0757. The fourth-order valence-corrected chi connectivity index (χ4v) is 1.60. The summed E-state index contributed by atoms with van der Waals surface area (Å²) in [6.07, 6.45) is 1.54. The van der Waals surface area contributed by atoms with Crippen molar-refractivity contribution in [2.45, 2.75) is 18.4 Å². The number of carbonyl (C=O) groups is 1. The summed E-state index contributed by atoms with van der Waals surface area (Å²) in [5.74, 6) is -0.894. The number of rotatable bonds is 3. The van der Waals surface area contributed by atoms with E-state index in [1.165, 1.54) is 12.1 Å². The topological polar surface area (TPSA) is 49.3 Å². The van der Waals surface area contributed by atoms with Gasteiger partial charge in [0.15, 0.2) is 0 Å². The van der Waals surface area contributed by atoms with Crippen LogP contribution in [0.15, 0.2) is 18.2 Å². The summed E-state index contributed by atoms with van der Waals surface area (Å²) >= 11 is 5.57. The smallest absolute Gasteiger partial charge is 0.251 e. The number of hydrogen-bond acceptors (Lipinski definition) is 2. The van der Waals surface area contributed by atoms with Gasteiger partial charge in [0.2, 0.25) is 0 Å². The number of carbonyl (C=O) groups excluding carboxylic acids is 1. The zero-order chi connectivity index (χ0) is 11.8. The molecule has 1 aromatic rings. The van der Waals surface area contributed by atoms with Gasteiger partial charge in [-0.05, 0) is 31.0 Å². The zero-order valence-corrected chi connectivity index (χ0v) is 9.22. The van der Waals surface area contributed by atoms with Gasteiger partial charge in [0.25, 0.3) is 5.91 Å². The molecule has 5 heteroatoms. The lowest BCUT2D eigenvalue weighted by Gasteiger charge is -2.14. The average molecular weight is 244 g/mol. The molecule has 2 rings (SSSR count). The SMILES string of the molecule is O=C(NC1(CO)CC1)c1ccc(F)c(Cl)c1. The number of aliphatic hydroxyl groups excluding tert-OH is 1. The Morgan fingerprint density at radius 3 is 2.75 bits per heavy atom. The molecule has 86 valence electrons. The molecule has 1 fully saturated rings. The summed E-state index contributed by atoms with van der Waals surface area (Å²) in [7, 11) is 0. The van der Waals surface area contributed by atoms with Crippen molar-refractivity contribution >= 4 is 17.5 Å². The van der Waals surface area contributed by atoms with Crippen molar-refractivity contribution in [3.05, 3.63) is 34.6 Å². The Morgan fingerprint density at radius 2 is 2.25 bits per heavy atom. The highest BCUT2D eigenvalue weighted by Gasteiger charge is 2.43. The van der Waals surface area contributed by atoms with Crippen LogP contribution in [0.4, 0.5) is 4.39 Å². The molecule has 1 aliphatic carbocycles. The van der Waals surface area contributed by atoms with E-state index >= 15 is 0 Å². The molecule has 0 heterocycles. The number of aliphatic hydroxyl groups is 1. The highest BCUT2D eigenvalue weighted by atomic mass is 35.5. The lowest BCUT2D eigenvalue weighted by Crippen LogP contribution is -2.39. The summed E-state index contributed by atoms with van der Waals surface area (Å²) in [4.78, 5) is 11.7. The minimum Gasteiger partial charge on any atom is -0.394 e. The van der Waals surface area contributed by atoms with E-state index in [1.807, 2.05) is 0 Å². The Kier molecular flexibility index (Phi) is 2.86. The van der Waals surface area contributed by atoms with Gasteiger partial charge < -0.3 is 10.4 Å². The standard InChI is InChI=1S/C11H11ClFNO2/c12-8-5-7(1-2-9(8)13)10(16)14-11(6-15)3-4-11/h1-2,5,15H,3-4,6H2,(H,14,16). The van der Waals surface area contributed by atoms with Crippen molar-refractivity contribution in [1.29, 1.82) is 0 Å². The minimum atomic E-state index is -0.554. The molecule has 0 aromatic heterocycles. The Hall–Kier alpha value is -1.13. The molecule has 0 saturated heterocycles. The molecular weight excluding hydrogens is 233 g/mol. The van der Waals surface area contributed by atoms with Crippen molar-refractivity contribution in [3.8, 4) is 0 Å². The molecule has 1 aromatic carbocycles. The molecule has 3 nitrogen and oxygen atoms in total. The van der Waals surface area contributed by atoms with E-state index in [0.717, 1.165) is 18.9 Å². The van der Waals surface area contributed by atoms with Crippen LogP contribution in [0.2, 0.25) is 5.02 Å². The van der Waals surface area contributed by atoms with Gasteiger partial charge in [0.05, 0.1) is 17.2 Å². The second kappa shape index (κ2) is 4.03. The van der Waals surface area contributed by atoms with Gasteiger partial charge in [0.1, 0.15) is 5.82 Å². The van der Waals surface area contributed by atoms with Crippen LogP contribution in [0, 0.1) is 5.82 Å². The van der Waals surface area contributed by atoms with E-state index in [9.17, 15) is 9.18 Å². The highest BCUT2D eigenvalue weighted by molar-refractivity contribution is 6.31. The lowest BCUT2D eigenvalue weighted by molar-refractivity contribution is 0.0907. The van der Waals surface area contributed by atoms with E-state index in [0.29, 0.717) is 5.56 Å². The fourth-order valence-electron chi connectivity index (χ4n) is 1.42. The molecular formula is C11H11ClFNO2. The molecule has 1 amide bonds. The van der Waals surface area contributed by atoms with Gasteiger partial charge in [-0.1, -0.05) is 11.6 Å². The third-order valence-corrected chi connectivity index (χ3v) is 3.01. The predicted octanol–water partition coefficient (Wildman–Crippen LogP) is 1.73. The van der Waals surface area contributed by atoms with Crippen LogP contribution in [-0.2, 0) is 0 Å². The van der Waals surface area contributed by atoms with E-state index in [-0.39, 0.29) is 17.5 Å². The van der Waals surface area contributed by atoms with Crippen LogP contribution in [0.5, 0.6) is 0 Å². The summed E-state index contributed by atoms with van der Waals surface area (Å²) in [6.45, 7) is -0.0757. The monoisotopic (exact) mass is 243 g/mol. The summed E-state index contributed by atoms with van der Waals surface area (Å²) in [5, 5.41) is 11.7. The normalized spacial score (nSPS) is 16.9. The second-order valence-electron chi connectivity index (χ2n) is 4.02. The quantitative estimate of drug-likeness (QED) is 0.850. The Morgan fingerprint density at radius 1 is 1.56 bits per heavy atom. The Labute approximate surface area is 97.2 Å². The highest BCUT2D eigenvalue weighted by Crippen LogP contribution is 2.34. The van der Waals surface area contributed by atoms with E-state index in [1.54, 1.807) is 0 Å². The molecule has 16 heavy (non-hydrogen) atoms. The van der Waals surface area contributed by atoms with E-state index in [2.05, 4.69) is 5.32 Å². The average Bonchev–Trinajstić information content (AvgIpc) is 3.02. The van der Waals surface area contributed by atoms with Gasteiger partial charge in [-0.3, -0.25) is 4.79 Å². The maximum Gasteiger partial charge on any atom is 0.251 e. The summed E-state index contributed by atoms with van der Waals surface area (Å²) in [6, 6.07) is 3.79. The predicted molar refractivity (Wildman–Crippen MR) is 57.9 cm³/mol. The van der Waals surface area contributed by atoms with Crippen molar-refractivity contribution in [2.75, 3.05) is 6.61 Å². The number of hydrogen-bond donors (Lipinski definition) is 2. The third-order valence-electron chi connectivity index (χ3n) is 2.72. The first-order valence-electron chi connectivity index (χ1n) is 4.95. The maximum absolute atomic E-state index is 12.9. The molecule has 0 unspecified atom stereocenters. The van der Waals surface area contributed by atoms with Gasteiger partial charge in [0, 0.05) is 5.56 Å². The van der Waals surface area contributed by atoms with E-state index in [4.69, 9.17) is 16.7 Å². The van der Waals surface area contributed by atoms with Crippen LogP contribution >= 0.6 is 11.6 Å². The van der Waals surface area contributed by atoms with Gasteiger partial charge in [-0.2, -0.15) is 0 Å². The molecule has 0 radical (unpaired) electrons. The van der Waals surface area contributed by atoms with Gasteiger partial charge in [-0.25, -0.2) is 4.39 Å². The molecule has 2 N–H and O–H groups in total. The van der Waals surface area contributed by atoms with Crippen molar-refractivity contribution in [2.24, 2.45) is 0 Å². The summed E-state index contributed by atoms with van der Waals surface area (Å²) < 4.78 is 12.9. The van der Waals surface area contributed by atoms with Crippen molar-refractivity contribution < 1.29 is 14.3 Å². The molecule has 1 aliphatic rings. The van der Waals surface area contributed by atoms with Crippen LogP contribution in [0.3, 0.4) is 0 Å². The van der Waals surface area contributed by atoms with Crippen LogP contribution in [-0.4, -0.2) is 23.2 Å². The fraction of sp³-hybridized carbons (Fsp3) is 0.364. The maximum atomic E-state index is 12.9. The Balaban J connectivity index is 2.12. The number of amides is 1. The van der Waals surface area contributed by atoms with Crippen LogP contribution in [0.25, 0.3) is 0 Å². The molecule has 0 aliphatic heterocycles. The number of benzene rings is 1. The Bertz CT molecular complexity index is 432. The second-order valence-corrected chi connectivity index (χ2v) is 4.43. The molecule has 0 spiro atoms. The van der Waals surface area contributed by atoms with Crippen molar-refractivity contribution in [3.63, 3.8) is 0 Å². The van der Waals surface area contributed by atoms with Gasteiger partial charge in [-0.15, -0.1) is 0 Å². The third kappa shape index (κ3) is 2.18. The molecule has 0 bridgehead atoms. The van der Waals surface area contributed by atoms with E-state index < -0.39 is 11.4 Å². The first-order chi connectivity index (χ1) is 7.56. The van der Waals surface area contributed by atoms with Crippen molar-refractivity contribution in [1.82, 2.24) is 5.32 Å². The summed E-state index contributed by atoms with van der Waals surface area (Å²) in [5.41, 5.74) is -0.177. The van der Waals surface area contributed by atoms with Gasteiger partial charge >= 0.3 is 0 Å². The first-order valence-corrected chi connectivity index (χ1v) is 5.32.